The second kappa shape index (κ2) is 16.9. The first-order valence-corrected chi connectivity index (χ1v) is 6.23. The number of aliphatic hydroxyl groups is 2. The van der Waals surface area contributed by atoms with Gasteiger partial charge in [-0.05, 0) is 0 Å². The van der Waals surface area contributed by atoms with E-state index in [0.29, 0.717) is 0 Å². The summed E-state index contributed by atoms with van der Waals surface area (Å²) in [6.07, 6.45) is -5.43. The van der Waals surface area contributed by atoms with Gasteiger partial charge in [-0.3, -0.25) is 0 Å². The molecule has 0 rings (SSSR count). The smallest absolute Gasteiger partial charge is 0.550 e. The molecule has 0 aliphatic heterocycles. The average Bonchev–Trinajstić information content (AvgIpc) is 2.34. The third kappa shape index (κ3) is 17.7. The van der Waals surface area contributed by atoms with Crippen LogP contribution in [-0.4, -0.2) is 129 Å². The van der Waals surface area contributed by atoms with Crippen molar-refractivity contribution in [1.82, 2.24) is 0 Å². The van der Waals surface area contributed by atoms with Crippen molar-refractivity contribution >= 4 is 108 Å². The molecule has 154 valence electrons. The van der Waals surface area contributed by atoms with Gasteiger partial charge in [0.1, 0.15) is 11.2 Å². The van der Waals surface area contributed by atoms with Crippen LogP contribution in [0.4, 0.5) is 0 Å². The van der Waals surface area contributed by atoms with E-state index >= 15 is 0 Å². The molecule has 0 saturated carbocycles. The first-order valence-electron chi connectivity index (χ1n) is 6.23. The summed E-state index contributed by atoms with van der Waals surface area (Å²) in [5.41, 5.74) is -5.95. The van der Waals surface area contributed by atoms with Gasteiger partial charge in [0, 0.05) is 49.6 Å². The van der Waals surface area contributed by atoms with Crippen molar-refractivity contribution in [2.75, 3.05) is 0 Å². The van der Waals surface area contributed by atoms with Crippen LogP contribution in [-0.2, 0) is 28.8 Å². The zero-order valence-electron chi connectivity index (χ0n) is 14.1. The Labute approximate surface area is 212 Å². The Kier molecular flexibility index (Phi) is 22.5. The SMILES string of the molecule is O=C([O-])CC(O)(CC(=O)[O-])C(=O)[O-].O=C([O-])CC(O)(CC(=O)[O-])C(=O)[O-].[Sn+2].[Sn+2].[Sn+2]. The molecule has 17 heteroatoms. The minimum atomic E-state index is -2.97. The number of carboxylic acids is 6. The van der Waals surface area contributed by atoms with Gasteiger partial charge in [-0.25, -0.2) is 0 Å². The standard InChI is InChI=1S/2C6H8O7.3Sn/c2*7-3(8)1-6(13,5(11)12)2-4(9)10;;;/h2*13H,1-2H2,(H,7,8)(H,9,10)(H,11,12);;;/q;;3*+2/p-6. The van der Waals surface area contributed by atoms with Gasteiger partial charge in [-0.1, -0.05) is 0 Å². The molecule has 0 amide bonds. The van der Waals surface area contributed by atoms with E-state index in [1.807, 2.05) is 0 Å². The molecule has 14 nitrogen and oxygen atoms in total. The van der Waals surface area contributed by atoms with Gasteiger partial charge in [-0.2, -0.15) is 0 Å². The largest absolute Gasteiger partial charge is 2.00 e. The van der Waals surface area contributed by atoms with Crippen molar-refractivity contribution in [3.8, 4) is 0 Å². The van der Waals surface area contributed by atoms with Crippen LogP contribution in [0.2, 0.25) is 0 Å². The maximum Gasteiger partial charge on any atom is 2.00 e. The van der Waals surface area contributed by atoms with Gasteiger partial charge < -0.3 is 69.6 Å². The molecule has 0 unspecified atom stereocenters. The van der Waals surface area contributed by atoms with Crippen molar-refractivity contribution in [3.05, 3.63) is 0 Å². The van der Waals surface area contributed by atoms with E-state index in [4.69, 9.17) is 10.2 Å². The number of hydrogen-bond acceptors (Lipinski definition) is 14. The quantitative estimate of drug-likeness (QED) is 0.197. The molecular weight excluding hydrogens is 724 g/mol. The number of carboxylic acid groups (broad SMARTS) is 6. The fourth-order valence-corrected chi connectivity index (χ4v) is 1.37. The Morgan fingerprint density at radius 3 is 0.690 bits per heavy atom. The summed E-state index contributed by atoms with van der Waals surface area (Å²) < 4.78 is 0. The minimum Gasteiger partial charge on any atom is -0.550 e. The third-order valence-corrected chi connectivity index (χ3v) is 2.51. The fourth-order valence-electron chi connectivity index (χ4n) is 1.37. The second-order valence-electron chi connectivity index (χ2n) is 4.83. The molecular formula is C12H10O14Sn3. The van der Waals surface area contributed by atoms with Gasteiger partial charge in [0.2, 0.25) is 0 Å². The van der Waals surface area contributed by atoms with Gasteiger partial charge in [-0.15, -0.1) is 0 Å². The van der Waals surface area contributed by atoms with Crippen LogP contribution in [0.25, 0.3) is 0 Å². The summed E-state index contributed by atoms with van der Waals surface area (Å²) in [5, 5.41) is 77.9. The van der Waals surface area contributed by atoms with E-state index in [1.54, 1.807) is 0 Å². The number of aliphatic carboxylic acids is 6. The van der Waals surface area contributed by atoms with Gasteiger partial charge in [0.15, 0.2) is 0 Å². The predicted molar refractivity (Wildman–Crippen MR) is 75.7 cm³/mol. The van der Waals surface area contributed by atoms with Crippen molar-refractivity contribution in [1.29, 1.82) is 0 Å². The molecule has 0 aromatic carbocycles. The summed E-state index contributed by atoms with van der Waals surface area (Å²) in [7, 11) is 0. The Morgan fingerprint density at radius 2 is 0.621 bits per heavy atom. The minimum absolute atomic E-state index is 0. The molecule has 0 bridgehead atoms. The molecule has 0 aliphatic carbocycles. The van der Waals surface area contributed by atoms with E-state index in [0.717, 1.165) is 0 Å². The van der Waals surface area contributed by atoms with Crippen LogP contribution in [0.15, 0.2) is 0 Å². The third-order valence-electron chi connectivity index (χ3n) is 2.51. The summed E-state index contributed by atoms with van der Waals surface area (Å²) in [4.78, 5) is 60.0. The first kappa shape index (κ1) is 38.7. The van der Waals surface area contributed by atoms with E-state index in [2.05, 4.69) is 0 Å². The van der Waals surface area contributed by atoms with Gasteiger partial charge in [0.25, 0.3) is 0 Å². The molecule has 29 heavy (non-hydrogen) atoms. The summed E-state index contributed by atoms with van der Waals surface area (Å²) >= 11 is 0. The van der Waals surface area contributed by atoms with Crippen molar-refractivity contribution < 1.29 is 69.6 Å². The van der Waals surface area contributed by atoms with E-state index in [-0.39, 0.29) is 71.7 Å². The average molecular weight is 734 g/mol. The number of carbonyl (C=O) groups excluding carboxylic acids is 6. The molecule has 0 atom stereocenters. The van der Waals surface area contributed by atoms with Crippen LogP contribution in [0.5, 0.6) is 0 Å². The van der Waals surface area contributed by atoms with Crippen LogP contribution in [0, 0.1) is 0 Å². The molecule has 6 radical (unpaired) electrons. The van der Waals surface area contributed by atoms with Crippen molar-refractivity contribution in [3.63, 3.8) is 0 Å². The Bertz CT molecular complexity index is 521. The predicted octanol–water partition coefficient (Wildman–Crippen LogP) is -11.6. The normalized spacial score (nSPS) is 9.72. The van der Waals surface area contributed by atoms with Crippen molar-refractivity contribution in [2.24, 2.45) is 0 Å². The molecule has 0 fully saturated rings. The Morgan fingerprint density at radius 1 is 0.483 bits per heavy atom. The first-order chi connectivity index (χ1) is 11.6. The molecule has 0 spiro atoms. The Balaban J connectivity index is -0.000000120. The zero-order valence-corrected chi connectivity index (χ0v) is 22.7. The van der Waals surface area contributed by atoms with E-state index < -0.39 is 72.7 Å². The number of hydrogen-bond donors (Lipinski definition) is 2. The summed E-state index contributed by atoms with van der Waals surface area (Å²) in [6, 6.07) is 0. The topological polar surface area (TPSA) is 281 Å². The molecule has 0 aromatic rings. The van der Waals surface area contributed by atoms with Crippen molar-refractivity contribution in [2.45, 2.75) is 36.9 Å². The molecule has 0 aromatic heterocycles. The summed E-state index contributed by atoms with van der Waals surface area (Å²) in [5.74, 6) is -12.0. The van der Waals surface area contributed by atoms with Crippen LogP contribution in [0.1, 0.15) is 25.7 Å². The summed E-state index contributed by atoms with van der Waals surface area (Å²) in [6.45, 7) is 0. The molecule has 0 heterocycles. The van der Waals surface area contributed by atoms with Gasteiger partial charge in [0.05, 0.1) is 11.9 Å². The zero-order chi connectivity index (χ0) is 21.3. The monoisotopic (exact) mass is 738 g/mol. The van der Waals surface area contributed by atoms with Gasteiger partial charge >= 0.3 is 71.7 Å². The van der Waals surface area contributed by atoms with Crippen LogP contribution in [0.3, 0.4) is 0 Å². The molecule has 0 saturated heterocycles. The maximum absolute atomic E-state index is 10.1. The molecule has 0 aliphatic rings. The van der Waals surface area contributed by atoms with Crippen LogP contribution >= 0.6 is 0 Å². The van der Waals surface area contributed by atoms with E-state index in [1.165, 1.54) is 0 Å². The maximum atomic E-state index is 10.1. The fraction of sp³-hybridized carbons (Fsp3) is 0.500. The van der Waals surface area contributed by atoms with E-state index in [9.17, 15) is 59.4 Å². The second-order valence-corrected chi connectivity index (χ2v) is 4.83. The van der Waals surface area contributed by atoms with Crippen LogP contribution < -0.4 is 30.6 Å². The number of carbonyl (C=O) groups is 6. The Hall–Kier alpha value is -0.864. The molecule has 2 N–H and O–H groups in total. The number of rotatable bonds is 10.